The predicted molar refractivity (Wildman–Crippen MR) is 63.0 cm³/mol. The van der Waals surface area contributed by atoms with Gasteiger partial charge in [-0.15, -0.1) is 0 Å². The minimum absolute atomic E-state index is 0.319. The summed E-state index contributed by atoms with van der Waals surface area (Å²) in [4.78, 5) is 22.1. The number of esters is 1. The number of carbonyl (C=O) groups is 2. The van der Waals surface area contributed by atoms with E-state index in [0.29, 0.717) is 12.1 Å². The number of benzene rings is 1. The molecule has 1 rings (SSSR count). The maximum Gasteiger partial charge on any atom is 0.460 e. The van der Waals surface area contributed by atoms with Crippen LogP contribution in [0.3, 0.4) is 0 Å². The van der Waals surface area contributed by atoms with Crippen molar-refractivity contribution >= 4 is 11.8 Å². The molecule has 0 amide bonds. The highest BCUT2D eigenvalue weighted by molar-refractivity contribution is 6.02. The van der Waals surface area contributed by atoms with Crippen molar-refractivity contribution < 1.29 is 53.8 Å². The molecule has 0 spiro atoms. The molecule has 0 aromatic heterocycles. The molecule has 1 aromatic rings. The fourth-order valence-electron chi connectivity index (χ4n) is 1.57. The third-order valence-electron chi connectivity index (χ3n) is 2.79. The normalized spacial score (nSPS) is 13.5. The van der Waals surface area contributed by atoms with Crippen LogP contribution in [0.5, 0.6) is 5.75 Å². The minimum atomic E-state index is -7.17. The van der Waals surface area contributed by atoms with E-state index in [1.165, 1.54) is 0 Å². The SMILES string of the molecule is CC(=O)Oc1cccc(C(=O)C(F)(F)C(F)(F)C(F)(F)C(F)(F)F)c1. The molecule has 0 saturated heterocycles. The molecule has 0 N–H and O–H groups in total. The molecule has 0 fully saturated rings. The molecule has 3 nitrogen and oxygen atoms in total. The summed E-state index contributed by atoms with van der Waals surface area (Å²) in [5.74, 6) is -25.2. The van der Waals surface area contributed by atoms with Crippen molar-refractivity contribution in [2.24, 2.45) is 0 Å². The highest BCUT2D eigenvalue weighted by atomic mass is 19.4. The van der Waals surface area contributed by atoms with Gasteiger partial charge in [0.1, 0.15) is 5.75 Å². The Hall–Kier alpha value is -2.27. The maximum atomic E-state index is 13.5. The quantitative estimate of drug-likeness (QED) is 0.331. The molecule has 0 aliphatic heterocycles. The van der Waals surface area contributed by atoms with Gasteiger partial charge in [-0.1, -0.05) is 12.1 Å². The first-order valence-electron chi connectivity index (χ1n) is 6.09. The number of carbonyl (C=O) groups excluding carboxylic acids is 2. The first-order chi connectivity index (χ1) is 11.1. The Kier molecular flexibility index (Phi) is 5.17. The second-order valence-electron chi connectivity index (χ2n) is 4.67. The van der Waals surface area contributed by atoms with Crippen LogP contribution in [0, 0.1) is 0 Å². The zero-order chi connectivity index (χ0) is 19.8. The Morgan fingerprint density at radius 3 is 1.84 bits per heavy atom. The molecule has 0 unspecified atom stereocenters. The van der Waals surface area contributed by atoms with E-state index in [-0.39, 0.29) is 0 Å². The van der Waals surface area contributed by atoms with E-state index in [1.54, 1.807) is 0 Å². The maximum absolute atomic E-state index is 13.5. The Morgan fingerprint density at radius 2 is 1.40 bits per heavy atom. The monoisotopic (exact) mass is 382 g/mol. The summed E-state index contributed by atoms with van der Waals surface area (Å²) in [7, 11) is 0. The van der Waals surface area contributed by atoms with Crippen LogP contribution in [0.4, 0.5) is 39.5 Å². The summed E-state index contributed by atoms with van der Waals surface area (Å²) in [6, 6.07) is 2.46. The van der Waals surface area contributed by atoms with Crippen molar-refractivity contribution in [3.63, 3.8) is 0 Å². The first kappa shape index (κ1) is 20.8. The van der Waals surface area contributed by atoms with Crippen LogP contribution in [-0.2, 0) is 4.79 Å². The largest absolute Gasteiger partial charge is 0.460 e. The Morgan fingerprint density at radius 1 is 0.880 bits per heavy atom. The molecule has 1 aromatic carbocycles. The molecule has 25 heavy (non-hydrogen) atoms. The lowest BCUT2D eigenvalue weighted by molar-refractivity contribution is -0.386. The van der Waals surface area contributed by atoms with Crippen molar-refractivity contribution in [2.75, 3.05) is 0 Å². The Labute approximate surface area is 133 Å². The zero-order valence-corrected chi connectivity index (χ0v) is 11.9. The summed E-state index contributed by atoms with van der Waals surface area (Å²) >= 11 is 0. The molecule has 0 saturated carbocycles. The van der Waals surface area contributed by atoms with Gasteiger partial charge in [0, 0.05) is 12.5 Å². The molecule has 0 heterocycles. The van der Waals surface area contributed by atoms with Crippen LogP contribution in [0.2, 0.25) is 0 Å². The van der Waals surface area contributed by atoms with Gasteiger partial charge in [0.15, 0.2) is 0 Å². The number of ketones is 1. The average Bonchev–Trinajstić information content (AvgIpc) is 2.44. The number of hydrogen-bond donors (Lipinski definition) is 0. The number of ether oxygens (including phenoxy) is 1. The van der Waals surface area contributed by atoms with E-state index in [2.05, 4.69) is 4.74 Å². The van der Waals surface area contributed by atoms with Crippen molar-refractivity contribution in [3.8, 4) is 5.75 Å². The van der Waals surface area contributed by atoms with E-state index in [1.807, 2.05) is 0 Å². The molecule has 12 heteroatoms. The first-order valence-corrected chi connectivity index (χ1v) is 6.09. The van der Waals surface area contributed by atoms with E-state index in [9.17, 15) is 49.1 Å². The summed E-state index contributed by atoms with van der Waals surface area (Å²) in [6.07, 6.45) is -7.03. The molecule has 0 aliphatic rings. The lowest BCUT2D eigenvalue weighted by Crippen LogP contribution is -2.63. The van der Waals surface area contributed by atoms with Crippen LogP contribution < -0.4 is 4.74 Å². The Bertz CT molecular complexity index is 680. The smallest absolute Gasteiger partial charge is 0.427 e. The van der Waals surface area contributed by atoms with E-state index >= 15 is 0 Å². The summed E-state index contributed by atoms with van der Waals surface area (Å²) in [5, 5.41) is 0. The summed E-state index contributed by atoms with van der Waals surface area (Å²) in [6.45, 7) is 0.862. The van der Waals surface area contributed by atoms with Crippen molar-refractivity contribution in [2.45, 2.75) is 30.9 Å². The van der Waals surface area contributed by atoms with Crippen LogP contribution in [-0.4, -0.2) is 35.7 Å². The molecule has 140 valence electrons. The zero-order valence-electron chi connectivity index (χ0n) is 11.9. The molecule has 0 radical (unpaired) electrons. The third kappa shape index (κ3) is 3.56. The van der Waals surface area contributed by atoms with Gasteiger partial charge >= 0.3 is 29.9 Å². The van der Waals surface area contributed by atoms with Crippen molar-refractivity contribution in [3.05, 3.63) is 29.8 Å². The molecule has 0 bridgehead atoms. The number of halogens is 9. The standard InChI is InChI=1S/C13H7F9O3/c1-6(23)25-8-4-2-3-7(5-8)9(24)10(14,15)11(16,17)12(18,19)13(20,21)22/h2-5H,1H3. The number of Topliss-reactive ketones (excluding diaryl/α,β-unsaturated/α-hetero) is 1. The molecule has 0 atom stereocenters. The average molecular weight is 382 g/mol. The fourth-order valence-corrected chi connectivity index (χ4v) is 1.57. The number of rotatable bonds is 5. The van der Waals surface area contributed by atoms with Crippen LogP contribution in [0.15, 0.2) is 24.3 Å². The predicted octanol–water partition coefficient (Wildman–Crippen LogP) is 4.26. The fraction of sp³-hybridized carbons (Fsp3) is 0.385. The minimum Gasteiger partial charge on any atom is -0.427 e. The van der Waals surface area contributed by atoms with E-state index < -0.39 is 47.0 Å². The summed E-state index contributed by atoms with van der Waals surface area (Å²) < 4.78 is 119. The Balaban J connectivity index is 3.33. The van der Waals surface area contributed by atoms with Gasteiger partial charge in [0.25, 0.3) is 0 Å². The lowest BCUT2D eigenvalue weighted by Gasteiger charge is -2.32. The highest BCUT2D eigenvalue weighted by Gasteiger charge is 2.83. The van der Waals surface area contributed by atoms with Gasteiger partial charge in [0.2, 0.25) is 5.78 Å². The van der Waals surface area contributed by atoms with Gasteiger partial charge in [-0.05, 0) is 12.1 Å². The third-order valence-corrected chi connectivity index (χ3v) is 2.79. The van der Waals surface area contributed by atoms with Gasteiger partial charge in [0.05, 0.1) is 0 Å². The van der Waals surface area contributed by atoms with Gasteiger partial charge in [-0.2, -0.15) is 39.5 Å². The van der Waals surface area contributed by atoms with Crippen molar-refractivity contribution in [1.82, 2.24) is 0 Å². The van der Waals surface area contributed by atoms with Gasteiger partial charge < -0.3 is 4.74 Å². The lowest BCUT2D eigenvalue weighted by atomic mass is 9.95. The van der Waals surface area contributed by atoms with E-state index in [0.717, 1.165) is 19.1 Å². The van der Waals surface area contributed by atoms with Crippen molar-refractivity contribution in [1.29, 1.82) is 0 Å². The van der Waals surface area contributed by atoms with Crippen LogP contribution in [0.1, 0.15) is 17.3 Å². The molecular formula is C13H7F9O3. The number of alkyl halides is 9. The highest BCUT2D eigenvalue weighted by Crippen LogP contribution is 2.53. The van der Waals surface area contributed by atoms with Gasteiger partial charge in [-0.25, -0.2) is 0 Å². The van der Waals surface area contributed by atoms with Gasteiger partial charge in [-0.3, -0.25) is 9.59 Å². The molecular weight excluding hydrogens is 375 g/mol. The second kappa shape index (κ2) is 6.23. The molecule has 0 aliphatic carbocycles. The number of hydrogen-bond acceptors (Lipinski definition) is 3. The summed E-state index contributed by atoms with van der Waals surface area (Å²) in [5.41, 5.74) is -1.36. The topological polar surface area (TPSA) is 43.4 Å². The van der Waals surface area contributed by atoms with Crippen LogP contribution >= 0.6 is 0 Å². The van der Waals surface area contributed by atoms with E-state index in [4.69, 9.17) is 0 Å². The van der Waals surface area contributed by atoms with Crippen LogP contribution in [0.25, 0.3) is 0 Å². The second-order valence-corrected chi connectivity index (χ2v) is 4.67.